The first kappa shape index (κ1) is 19.1. The van der Waals surface area contributed by atoms with Crippen LogP contribution in [0.1, 0.15) is 34.8 Å². The minimum Gasteiger partial charge on any atom is -0.322 e. The number of hydrogen-bond donors (Lipinski definition) is 1. The van der Waals surface area contributed by atoms with Gasteiger partial charge in [0, 0.05) is 5.69 Å². The van der Waals surface area contributed by atoms with Crippen molar-refractivity contribution in [1.82, 2.24) is 0 Å². The highest BCUT2D eigenvalue weighted by atomic mass is 16.2. The van der Waals surface area contributed by atoms with Gasteiger partial charge < -0.3 is 5.32 Å². The van der Waals surface area contributed by atoms with Crippen molar-refractivity contribution in [2.45, 2.75) is 27.2 Å². The molecule has 0 aromatic heterocycles. The third kappa shape index (κ3) is 3.27. The first-order valence-corrected chi connectivity index (χ1v) is 9.90. The summed E-state index contributed by atoms with van der Waals surface area (Å²) >= 11 is 0. The van der Waals surface area contributed by atoms with Crippen LogP contribution in [-0.2, 0) is 9.59 Å². The van der Waals surface area contributed by atoms with Crippen LogP contribution in [0, 0.1) is 31.6 Å². The number of nitrogens with one attached hydrogen (secondary N) is 1. The maximum Gasteiger partial charge on any atom is 0.257 e. The molecule has 1 N–H and O–H groups in total. The molecule has 3 atom stereocenters. The van der Waals surface area contributed by atoms with E-state index in [0.717, 1.165) is 11.1 Å². The largest absolute Gasteiger partial charge is 0.322 e. The number of para-hydroxylation sites is 1. The minimum absolute atomic E-state index is 0.00622. The lowest BCUT2D eigenvalue weighted by atomic mass is 9.78. The summed E-state index contributed by atoms with van der Waals surface area (Å²) in [6.07, 6.45) is 4.53. The molecule has 1 saturated heterocycles. The Kier molecular flexibility index (Phi) is 4.82. The van der Waals surface area contributed by atoms with E-state index in [1.807, 2.05) is 51.1 Å². The van der Waals surface area contributed by atoms with Crippen LogP contribution >= 0.6 is 0 Å². The highest BCUT2D eigenvalue weighted by Crippen LogP contribution is 2.41. The molecule has 0 bridgehead atoms. The third-order valence-corrected chi connectivity index (χ3v) is 6.03. The van der Waals surface area contributed by atoms with E-state index in [1.165, 1.54) is 4.90 Å². The summed E-state index contributed by atoms with van der Waals surface area (Å²) in [5.74, 6) is -1.48. The van der Waals surface area contributed by atoms with Gasteiger partial charge in [-0.25, -0.2) is 4.90 Å². The van der Waals surface area contributed by atoms with Crippen molar-refractivity contribution in [1.29, 1.82) is 0 Å². The number of carbonyl (C=O) groups excluding carboxylic acids is 3. The van der Waals surface area contributed by atoms with Crippen molar-refractivity contribution in [3.05, 3.63) is 71.3 Å². The fourth-order valence-electron chi connectivity index (χ4n) is 4.26. The van der Waals surface area contributed by atoms with E-state index in [4.69, 9.17) is 0 Å². The average molecular weight is 388 g/mol. The molecule has 2 aromatic carbocycles. The van der Waals surface area contributed by atoms with Crippen LogP contribution in [0.4, 0.5) is 11.4 Å². The Bertz CT molecular complexity index is 1040. The Morgan fingerprint density at radius 3 is 2.52 bits per heavy atom. The normalized spacial score (nSPS) is 23.3. The van der Waals surface area contributed by atoms with Crippen LogP contribution in [0.2, 0.25) is 0 Å². The Morgan fingerprint density at radius 1 is 1.03 bits per heavy atom. The molecule has 2 aromatic rings. The van der Waals surface area contributed by atoms with Gasteiger partial charge in [-0.15, -0.1) is 0 Å². The number of hydrogen-bond acceptors (Lipinski definition) is 3. The summed E-state index contributed by atoms with van der Waals surface area (Å²) in [6.45, 7) is 5.95. The molecule has 3 amide bonds. The summed E-state index contributed by atoms with van der Waals surface area (Å²) < 4.78 is 0. The van der Waals surface area contributed by atoms with E-state index in [1.54, 1.807) is 24.3 Å². The van der Waals surface area contributed by atoms with Crippen molar-refractivity contribution in [2.75, 3.05) is 10.2 Å². The molecule has 1 aliphatic carbocycles. The van der Waals surface area contributed by atoms with Crippen molar-refractivity contribution in [3.8, 4) is 0 Å². The number of nitrogens with zero attached hydrogens (tertiary/aromatic N) is 1. The van der Waals surface area contributed by atoms with Crippen LogP contribution in [-0.4, -0.2) is 17.7 Å². The zero-order valence-electron chi connectivity index (χ0n) is 16.8. The maximum absolute atomic E-state index is 13.1. The topological polar surface area (TPSA) is 66.5 Å². The highest BCUT2D eigenvalue weighted by molar-refractivity contribution is 6.25. The molecular formula is C24H24N2O3. The van der Waals surface area contributed by atoms with Crippen molar-refractivity contribution in [2.24, 2.45) is 17.8 Å². The van der Waals surface area contributed by atoms with Gasteiger partial charge in [0.2, 0.25) is 11.8 Å². The molecule has 148 valence electrons. The Labute approximate surface area is 170 Å². The van der Waals surface area contributed by atoms with E-state index in [-0.39, 0.29) is 35.5 Å². The number of carbonyl (C=O) groups is 3. The Hall–Kier alpha value is -3.21. The molecule has 1 fully saturated rings. The molecule has 1 aliphatic heterocycles. The fourth-order valence-corrected chi connectivity index (χ4v) is 4.26. The van der Waals surface area contributed by atoms with Gasteiger partial charge in [-0.2, -0.15) is 0 Å². The van der Waals surface area contributed by atoms with Gasteiger partial charge >= 0.3 is 0 Å². The van der Waals surface area contributed by atoms with Gasteiger partial charge in [-0.3, -0.25) is 14.4 Å². The number of anilines is 2. The second-order valence-electron chi connectivity index (χ2n) is 7.94. The second kappa shape index (κ2) is 7.32. The SMILES string of the molecule is Cc1ccc(NC(=O)c2ccccc2N2C(=O)[C@H]3[C@H](C)C=CC[C@H]3C2=O)cc1C. The molecular weight excluding hydrogens is 364 g/mol. The number of benzene rings is 2. The van der Waals surface area contributed by atoms with Gasteiger partial charge in [-0.1, -0.05) is 37.3 Å². The molecule has 0 radical (unpaired) electrons. The van der Waals surface area contributed by atoms with E-state index in [9.17, 15) is 14.4 Å². The molecule has 0 spiro atoms. The lowest BCUT2D eigenvalue weighted by molar-refractivity contribution is -0.122. The lowest BCUT2D eigenvalue weighted by Crippen LogP contribution is -2.33. The Balaban J connectivity index is 1.66. The van der Waals surface area contributed by atoms with E-state index >= 15 is 0 Å². The zero-order valence-corrected chi connectivity index (χ0v) is 16.8. The molecule has 4 rings (SSSR count). The van der Waals surface area contributed by atoms with E-state index < -0.39 is 0 Å². The predicted octanol–water partition coefficient (Wildman–Crippen LogP) is 4.26. The summed E-state index contributed by atoms with van der Waals surface area (Å²) in [4.78, 5) is 40.4. The van der Waals surface area contributed by atoms with Gasteiger partial charge in [0.05, 0.1) is 23.1 Å². The van der Waals surface area contributed by atoms with Crippen molar-refractivity contribution < 1.29 is 14.4 Å². The first-order valence-electron chi connectivity index (χ1n) is 9.90. The second-order valence-corrected chi connectivity index (χ2v) is 7.94. The van der Waals surface area contributed by atoms with Crippen LogP contribution in [0.5, 0.6) is 0 Å². The fraction of sp³-hybridized carbons (Fsp3) is 0.292. The maximum atomic E-state index is 13.1. The first-order chi connectivity index (χ1) is 13.9. The Morgan fingerprint density at radius 2 is 1.79 bits per heavy atom. The minimum atomic E-state index is -0.358. The highest BCUT2D eigenvalue weighted by Gasteiger charge is 2.51. The molecule has 2 aliphatic rings. The molecule has 0 unspecified atom stereocenters. The molecule has 0 saturated carbocycles. The molecule has 5 heteroatoms. The van der Waals surface area contributed by atoms with Gasteiger partial charge in [0.1, 0.15) is 0 Å². The monoisotopic (exact) mass is 388 g/mol. The zero-order chi connectivity index (χ0) is 20.7. The number of amides is 3. The lowest BCUT2D eigenvalue weighted by Gasteiger charge is -2.22. The smallest absolute Gasteiger partial charge is 0.257 e. The van der Waals surface area contributed by atoms with Gasteiger partial charge in [0.25, 0.3) is 5.91 Å². The van der Waals surface area contributed by atoms with Crippen LogP contribution in [0.3, 0.4) is 0 Å². The number of imide groups is 1. The van der Waals surface area contributed by atoms with Gasteiger partial charge in [-0.05, 0) is 61.6 Å². The summed E-state index contributed by atoms with van der Waals surface area (Å²) in [6, 6.07) is 12.5. The predicted molar refractivity (Wildman–Crippen MR) is 113 cm³/mol. The standard InChI is InChI=1S/C24H24N2O3/c1-14-11-12-17(13-16(14)3)25-22(27)18-8-4-5-10-20(18)26-23(28)19-9-6-7-15(2)21(19)24(26)29/h4-8,10-13,15,19,21H,9H2,1-3H3,(H,25,27)/t15-,19-,21+/m1/s1. The van der Waals surface area contributed by atoms with E-state index in [2.05, 4.69) is 5.32 Å². The van der Waals surface area contributed by atoms with E-state index in [0.29, 0.717) is 23.4 Å². The molecule has 1 heterocycles. The summed E-state index contributed by atoms with van der Waals surface area (Å²) in [5, 5.41) is 2.89. The summed E-state index contributed by atoms with van der Waals surface area (Å²) in [5.41, 5.74) is 3.56. The van der Waals surface area contributed by atoms with Gasteiger partial charge in [0.15, 0.2) is 0 Å². The molecule has 5 nitrogen and oxygen atoms in total. The summed E-state index contributed by atoms with van der Waals surface area (Å²) in [7, 11) is 0. The average Bonchev–Trinajstić information content (AvgIpc) is 2.96. The van der Waals surface area contributed by atoms with Crippen molar-refractivity contribution >= 4 is 29.1 Å². The van der Waals surface area contributed by atoms with Crippen LogP contribution < -0.4 is 10.2 Å². The number of rotatable bonds is 3. The third-order valence-electron chi connectivity index (χ3n) is 6.03. The number of aryl methyl sites for hydroxylation is 2. The van der Waals surface area contributed by atoms with Crippen LogP contribution in [0.25, 0.3) is 0 Å². The van der Waals surface area contributed by atoms with Crippen LogP contribution in [0.15, 0.2) is 54.6 Å². The quantitative estimate of drug-likeness (QED) is 0.631. The number of fused-ring (bicyclic) bond motifs is 1. The van der Waals surface area contributed by atoms with Crippen molar-refractivity contribution in [3.63, 3.8) is 0 Å². The number of allylic oxidation sites excluding steroid dienone is 2. The molecule has 29 heavy (non-hydrogen) atoms.